The Labute approximate surface area is 430 Å². The van der Waals surface area contributed by atoms with Gasteiger partial charge in [0.1, 0.15) is 6.61 Å². The van der Waals surface area contributed by atoms with Crippen molar-refractivity contribution < 1.29 is 24.2 Å². The monoisotopic (exact) mass is 963 g/mol. The molecule has 0 spiro atoms. The third-order valence-electron chi connectivity index (χ3n) is 11.3. The average molecular weight is 964 g/mol. The first-order valence-electron chi connectivity index (χ1n) is 28.0. The maximum Gasteiger partial charge on any atom is 0.306 e. The van der Waals surface area contributed by atoms with Gasteiger partial charge in [-0.15, -0.1) is 0 Å². The molecule has 0 saturated carbocycles. The number of esters is 2. The van der Waals surface area contributed by atoms with Gasteiger partial charge in [-0.1, -0.05) is 242 Å². The predicted molar refractivity (Wildman–Crippen MR) is 306 cm³/mol. The Kier molecular flexibility index (Phi) is 55.1. The van der Waals surface area contributed by atoms with E-state index in [4.69, 9.17) is 9.47 Å². The maximum atomic E-state index is 12.3. The molecular formula is C65H102O5. The van der Waals surface area contributed by atoms with E-state index in [0.717, 1.165) is 135 Å². The Balaban J connectivity index is 3.60. The number of unbranched alkanes of at least 4 members (excludes halogenated alkanes) is 15. The lowest BCUT2D eigenvalue weighted by molar-refractivity contribution is -0.161. The Bertz CT molecular complexity index is 1560. The van der Waals surface area contributed by atoms with Gasteiger partial charge in [0.15, 0.2) is 6.10 Å². The minimum absolute atomic E-state index is 0.0887. The first-order chi connectivity index (χ1) is 34.6. The Morgan fingerprint density at radius 3 is 0.857 bits per heavy atom. The number of allylic oxidation sites excluding steroid dienone is 26. The number of ether oxygens (including phenoxy) is 2. The predicted octanol–water partition coefficient (Wildman–Crippen LogP) is 19.2. The summed E-state index contributed by atoms with van der Waals surface area (Å²) in [5.41, 5.74) is 0. The van der Waals surface area contributed by atoms with E-state index in [1.54, 1.807) is 0 Å². The van der Waals surface area contributed by atoms with Gasteiger partial charge in [-0.3, -0.25) is 9.59 Å². The number of hydrogen-bond acceptors (Lipinski definition) is 5. The van der Waals surface area contributed by atoms with Crippen molar-refractivity contribution >= 4 is 11.9 Å². The van der Waals surface area contributed by atoms with Crippen molar-refractivity contribution in [3.8, 4) is 0 Å². The van der Waals surface area contributed by atoms with E-state index in [2.05, 4.69) is 172 Å². The smallest absolute Gasteiger partial charge is 0.306 e. The van der Waals surface area contributed by atoms with E-state index in [-0.39, 0.29) is 25.2 Å². The van der Waals surface area contributed by atoms with Crippen LogP contribution in [0.2, 0.25) is 0 Å². The largest absolute Gasteiger partial charge is 0.462 e. The zero-order chi connectivity index (χ0) is 50.6. The van der Waals surface area contributed by atoms with Gasteiger partial charge in [-0.05, 0) is 122 Å². The molecule has 0 radical (unpaired) electrons. The molecule has 0 bridgehead atoms. The van der Waals surface area contributed by atoms with Gasteiger partial charge in [-0.25, -0.2) is 0 Å². The van der Waals surface area contributed by atoms with Crippen molar-refractivity contribution in [1.82, 2.24) is 0 Å². The van der Waals surface area contributed by atoms with E-state index in [0.29, 0.717) is 12.8 Å². The van der Waals surface area contributed by atoms with Crippen LogP contribution in [0.15, 0.2) is 158 Å². The van der Waals surface area contributed by atoms with Crippen molar-refractivity contribution in [2.45, 2.75) is 225 Å². The van der Waals surface area contributed by atoms with Gasteiger partial charge < -0.3 is 14.6 Å². The molecule has 0 aromatic heterocycles. The second-order valence-electron chi connectivity index (χ2n) is 17.9. The van der Waals surface area contributed by atoms with Crippen LogP contribution in [-0.2, 0) is 19.1 Å². The number of hydrogen-bond donors (Lipinski definition) is 1. The molecule has 70 heavy (non-hydrogen) atoms. The molecule has 0 amide bonds. The molecular weight excluding hydrogens is 861 g/mol. The maximum absolute atomic E-state index is 12.3. The Hall–Kier alpha value is -4.48. The van der Waals surface area contributed by atoms with Crippen LogP contribution in [0.5, 0.6) is 0 Å². The summed E-state index contributed by atoms with van der Waals surface area (Å²) >= 11 is 0. The number of aliphatic hydroxyl groups excluding tert-OH is 1. The fourth-order valence-electron chi connectivity index (χ4n) is 7.18. The summed E-state index contributed by atoms with van der Waals surface area (Å²) in [6, 6.07) is 0. The third kappa shape index (κ3) is 56.1. The molecule has 0 aliphatic heterocycles. The van der Waals surface area contributed by atoms with Gasteiger partial charge in [0.25, 0.3) is 0 Å². The Morgan fingerprint density at radius 1 is 0.329 bits per heavy atom. The summed E-state index contributed by atoms with van der Waals surface area (Å²) < 4.78 is 10.7. The minimum Gasteiger partial charge on any atom is -0.462 e. The van der Waals surface area contributed by atoms with Crippen LogP contribution in [0, 0.1) is 0 Å². The molecule has 0 rings (SSSR count). The molecule has 0 aliphatic carbocycles. The molecule has 0 heterocycles. The minimum atomic E-state index is -0.795. The summed E-state index contributed by atoms with van der Waals surface area (Å²) in [5.74, 6) is -0.632. The third-order valence-corrected chi connectivity index (χ3v) is 11.3. The number of aliphatic hydroxyl groups is 1. The van der Waals surface area contributed by atoms with Crippen molar-refractivity contribution in [1.29, 1.82) is 0 Å². The van der Waals surface area contributed by atoms with E-state index in [1.807, 2.05) is 0 Å². The lowest BCUT2D eigenvalue weighted by Gasteiger charge is -2.15. The highest BCUT2D eigenvalue weighted by atomic mass is 16.6. The fourth-order valence-corrected chi connectivity index (χ4v) is 7.18. The first-order valence-corrected chi connectivity index (χ1v) is 28.0. The topological polar surface area (TPSA) is 72.8 Å². The van der Waals surface area contributed by atoms with Crippen molar-refractivity contribution in [3.05, 3.63) is 158 Å². The normalized spacial score (nSPS) is 13.5. The zero-order valence-electron chi connectivity index (χ0n) is 44.7. The molecule has 1 atom stereocenters. The van der Waals surface area contributed by atoms with Crippen LogP contribution in [-0.4, -0.2) is 36.4 Å². The average Bonchev–Trinajstić information content (AvgIpc) is 3.36. The SMILES string of the molecule is CC/C=C\C/C=C\C/C=C\C/C=C\C/C=C\C/C=C\C/C=C\C/C=C\C/C=C\CCCCCCCCCCCCCC(=O)OC(CO)COC(=O)CCCCCC/C=C\C/C=C\C/C=C\C/C=C\CC. The molecule has 5 nitrogen and oxygen atoms in total. The molecule has 0 saturated heterocycles. The molecule has 392 valence electrons. The summed E-state index contributed by atoms with van der Waals surface area (Å²) in [4.78, 5) is 24.5. The number of rotatable bonds is 49. The van der Waals surface area contributed by atoms with E-state index in [9.17, 15) is 14.7 Å². The molecule has 1 N–H and O–H groups in total. The highest BCUT2D eigenvalue weighted by molar-refractivity contribution is 5.70. The van der Waals surface area contributed by atoms with Crippen LogP contribution in [0.1, 0.15) is 219 Å². The van der Waals surface area contributed by atoms with E-state index >= 15 is 0 Å². The molecule has 0 aromatic rings. The zero-order valence-corrected chi connectivity index (χ0v) is 44.7. The van der Waals surface area contributed by atoms with Crippen LogP contribution in [0.3, 0.4) is 0 Å². The van der Waals surface area contributed by atoms with Gasteiger partial charge in [0.05, 0.1) is 6.61 Å². The van der Waals surface area contributed by atoms with E-state index < -0.39 is 6.10 Å². The molecule has 0 fully saturated rings. The van der Waals surface area contributed by atoms with Crippen molar-refractivity contribution in [2.24, 2.45) is 0 Å². The second-order valence-corrected chi connectivity index (χ2v) is 17.9. The number of carbonyl (C=O) groups excluding carboxylic acids is 2. The highest BCUT2D eigenvalue weighted by Crippen LogP contribution is 2.14. The molecule has 0 aliphatic rings. The fraction of sp³-hybridized carbons (Fsp3) is 0.569. The highest BCUT2D eigenvalue weighted by Gasteiger charge is 2.16. The molecule has 1 unspecified atom stereocenters. The number of carbonyl (C=O) groups is 2. The summed E-state index contributed by atoms with van der Waals surface area (Å²) in [6.07, 6.45) is 90.7. The van der Waals surface area contributed by atoms with E-state index in [1.165, 1.54) is 57.8 Å². The summed E-state index contributed by atoms with van der Waals surface area (Å²) in [6.45, 7) is 3.88. The van der Waals surface area contributed by atoms with Gasteiger partial charge in [0, 0.05) is 12.8 Å². The first kappa shape index (κ1) is 65.5. The van der Waals surface area contributed by atoms with Gasteiger partial charge >= 0.3 is 11.9 Å². The van der Waals surface area contributed by atoms with Gasteiger partial charge in [-0.2, -0.15) is 0 Å². The quantitative estimate of drug-likeness (QED) is 0.0374. The Morgan fingerprint density at radius 2 is 0.571 bits per heavy atom. The molecule has 5 heteroatoms. The van der Waals surface area contributed by atoms with Gasteiger partial charge in [0.2, 0.25) is 0 Å². The van der Waals surface area contributed by atoms with Crippen LogP contribution in [0.25, 0.3) is 0 Å². The van der Waals surface area contributed by atoms with Crippen LogP contribution < -0.4 is 0 Å². The summed E-state index contributed by atoms with van der Waals surface area (Å²) in [7, 11) is 0. The summed E-state index contributed by atoms with van der Waals surface area (Å²) in [5, 5.41) is 9.63. The van der Waals surface area contributed by atoms with Crippen LogP contribution >= 0.6 is 0 Å². The lowest BCUT2D eigenvalue weighted by Crippen LogP contribution is -2.28. The second kappa shape index (κ2) is 58.8. The van der Waals surface area contributed by atoms with Crippen molar-refractivity contribution in [2.75, 3.05) is 13.2 Å². The standard InChI is InChI=1S/C65H102O5/c1-3-5-7-9-11-13-15-17-19-21-22-23-24-25-26-27-28-29-30-31-32-33-34-35-36-37-38-39-40-41-42-44-46-48-50-52-54-56-58-60-65(68)70-63(61-66)62-69-64(67)59-57-55-53-51-49-47-45-43-20-18-16-14-12-10-8-6-4-2/h5-8,11-14,17-20,22-23,25-26,28-29,31-32,34-35,37-38,45,47,63,66H,3-4,9-10,15-16,21,24,27,30,33,36,39-44,46,48-62H2,1-2H3/b7-5-,8-6-,13-11-,14-12-,19-17-,20-18-,23-22-,26-25-,29-28-,32-31-,35-34-,38-37-,47-45-. The lowest BCUT2D eigenvalue weighted by atomic mass is 10.0. The molecule has 0 aromatic carbocycles. The van der Waals surface area contributed by atoms with Crippen LogP contribution in [0.4, 0.5) is 0 Å². The van der Waals surface area contributed by atoms with Crippen molar-refractivity contribution in [3.63, 3.8) is 0 Å².